The molecule has 0 N–H and O–H groups in total. The van der Waals surface area contributed by atoms with Crippen molar-refractivity contribution in [3.05, 3.63) is 0 Å². The number of hydrogen-bond donors (Lipinski definition) is 0. The van der Waals surface area contributed by atoms with Crippen molar-refractivity contribution in [2.45, 2.75) is 78.0 Å². The highest BCUT2D eigenvalue weighted by molar-refractivity contribution is 5.06. The van der Waals surface area contributed by atoms with Crippen LogP contribution in [0.1, 0.15) is 60.8 Å². The van der Waals surface area contributed by atoms with Crippen LogP contribution in [0.3, 0.4) is 0 Å². The summed E-state index contributed by atoms with van der Waals surface area (Å²) in [6, 6.07) is 0.639. The van der Waals surface area contributed by atoms with Gasteiger partial charge in [-0.25, -0.2) is 0 Å². The Hall–Kier alpha value is -0.0800. The van der Waals surface area contributed by atoms with Crippen molar-refractivity contribution in [3.63, 3.8) is 0 Å². The fraction of sp³-hybridized carbons (Fsp3) is 1.00. The molecule has 0 radical (unpaired) electrons. The first-order chi connectivity index (χ1) is 7.64. The predicted molar refractivity (Wildman–Crippen MR) is 72.2 cm³/mol. The van der Waals surface area contributed by atoms with E-state index in [0.717, 1.165) is 13.2 Å². The molecular formula is C15H29NO. The molecule has 2 heterocycles. The average molecular weight is 239 g/mol. The first-order valence-corrected chi connectivity index (χ1v) is 7.05. The van der Waals surface area contributed by atoms with Crippen LogP contribution in [0.25, 0.3) is 0 Å². The van der Waals surface area contributed by atoms with Gasteiger partial charge in [-0.15, -0.1) is 0 Å². The van der Waals surface area contributed by atoms with Crippen LogP contribution < -0.4 is 0 Å². The molecule has 2 unspecified atom stereocenters. The van der Waals surface area contributed by atoms with Gasteiger partial charge in [0, 0.05) is 24.7 Å². The second-order valence-electron chi connectivity index (χ2n) is 8.02. The topological polar surface area (TPSA) is 12.5 Å². The minimum Gasteiger partial charge on any atom is -0.374 e. The van der Waals surface area contributed by atoms with Gasteiger partial charge in [0.2, 0.25) is 0 Å². The Kier molecular flexibility index (Phi) is 3.11. The van der Waals surface area contributed by atoms with Crippen LogP contribution in [0, 0.1) is 5.41 Å². The van der Waals surface area contributed by atoms with Crippen LogP contribution in [0.5, 0.6) is 0 Å². The number of likely N-dealkylation sites (tertiary alicyclic amines) is 1. The molecule has 2 heteroatoms. The zero-order chi connectivity index (χ0) is 12.9. The van der Waals surface area contributed by atoms with Gasteiger partial charge >= 0.3 is 0 Å². The van der Waals surface area contributed by atoms with Gasteiger partial charge in [0.05, 0.1) is 5.60 Å². The van der Waals surface area contributed by atoms with Crippen molar-refractivity contribution in [2.75, 3.05) is 13.2 Å². The summed E-state index contributed by atoms with van der Waals surface area (Å²) in [6.45, 7) is 16.2. The fourth-order valence-electron chi connectivity index (χ4n) is 3.47. The Morgan fingerprint density at radius 3 is 2.12 bits per heavy atom. The SMILES string of the molecule is CC(C)(C)C1CC2(CCCO2)CN1C(C)(C)C. The van der Waals surface area contributed by atoms with Gasteiger partial charge in [0.1, 0.15) is 0 Å². The highest BCUT2D eigenvalue weighted by Gasteiger charge is 2.52. The highest BCUT2D eigenvalue weighted by Crippen LogP contribution is 2.46. The van der Waals surface area contributed by atoms with Gasteiger partial charge in [0.15, 0.2) is 0 Å². The van der Waals surface area contributed by atoms with E-state index in [1.165, 1.54) is 19.3 Å². The molecule has 0 aromatic heterocycles. The maximum absolute atomic E-state index is 6.11. The molecule has 0 amide bonds. The van der Waals surface area contributed by atoms with Crippen LogP contribution in [0.4, 0.5) is 0 Å². The van der Waals surface area contributed by atoms with Crippen molar-refractivity contribution in [2.24, 2.45) is 5.41 Å². The van der Waals surface area contributed by atoms with Crippen LogP contribution in [0.15, 0.2) is 0 Å². The third-order valence-electron chi connectivity index (χ3n) is 4.45. The standard InChI is InChI=1S/C15H29NO/c1-13(2,3)12-10-15(8-7-9-17-15)11-16(12)14(4,5)6/h12H,7-11H2,1-6H3. The van der Waals surface area contributed by atoms with Crippen molar-refractivity contribution in [1.29, 1.82) is 0 Å². The summed E-state index contributed by atoms with van der Waals surface area (Å²) in [4.78, 5) is 2.68. The van der Waals surface area contributed by atoms with Crippen LogP contribution >= 0.6 is 0 Å². The summed E-state index contributed by atoms with van der Waals surface area (Å²) >= 11 is 0. The summed E-state index contributed by atoms with van der Waals surface area (Å²) in [5, 5.41) is 0. The van der Waals surface area contributed by atoms with Gasteiger partial charge in [-0.1, -0.05) is 20.8 Å². The lowest BCUT2D eigenvalue weighted by Crippen LogP contribution is -2.50. The molecule has 17 heavy (non-hydrogen) atoms. The van der Waals surface area contributed by atoms with Gasteiger partial charge in [0.25, 0.3) is 0 Å². The van der Waals surface area contributed by atoms with E-state index in [1.54, 1.807) is 0 Å². The second kappa shape index (κ2) is 3.96. The smallest absolute Gasteiger partial charge is 0.0825 e. The second-order valence-corrected chi connectivity index (χ2v) is 8.02. The van der Waals surface area contributed by atoms with Gasteiger partial charge in [-0.05, 0) is 45.4 Å². The van der Waals surface area contributed by atoms with E-state index in [0.29, 0.717) is 11.5 Å². The summed E-state index contributed by atoms with van der Waals surface area (Å²) in [6.07, 6.45) is 3.72. The molecule has 2 aliphatic heterocycles. The zero-order valence-electron chi connectivity index (χ0n) is 12.5. The lowest BCUT2D eigenvalue weighted by atomic mass is 9.81. The summed E-state index contributed by atoms with van der Waals surface area (Å²) in [5.74, 6) is 0. The van der Waals surface area contributed by atoms with E-state index in [-0.39, 0.29) is 11.1 Å². The lowest BCUT2D eigenvalue weighted by molar-refractivity contribution is 0.00329. The normalized spacial score (nSPS) is 36.0. The molecule has 2 rings (SSSR count). The Balaban J connectivity index is 2.24. The fourth-order valence-corrected chi connectivity index (χ4v) is 3.47. The van der Waals surface area contributed by atoms with Crippen LogP contribution in [-0.4, -0.2) is 35.2 Å². The molecule has 0 aliphatic carbocycles. The van der Waals surface area contributed by atoms with Crippen molar-refractivity contribution < 1.29 is 4.74 Å². The molecule has 2 nitrogen and oxygen atoms in total. The highest BCUT2D eigenvalue weighted by atomic mass is 16.5. The third-order valence-corrected chi connectivity index (χ3v) is 4.45. The number of rotatable bonds is 0. The van der Waals surface area contributed by atoms with Gasteiger partial charge < -0.3 is 4.74 Å². The first-order valence-electron chi connectivity index (χ1n) is 7.05. The van der Waals surface area contributed by atoms with Crippen molar-refractivity contribution in [1.82, 2.24) is 4.90 Å². The first kappa shape index (κ1) is 13.4. The monoisotopic (exact) mass is 239 g/mol. The van der Waals surface area contributed by atoms with E-state index in [2.05, 4.69) is 46.4 Å². The Morgan fingerprint density at radius 1 is 1.12 bits per heavy atom. The Morgan fingerprint density at radius 2 is 1.76 bits per heavy atom. The minimum absolute atomic E-state index is 0.172. The lowest BCUT2D eigenvalue weighted by Gasteiger charge is -2.42. The molecular weight excluding hydrogens is 210 g/mol. The molecule has 0 saturated carbocycles. The van der Waals surface area contributed by atoms with Crippen molar-refractivity contribution >= 4 is 0 Å². The molecule has 2 atom stereocenters. The van der Waals surface area contributed by atoms with E-state index in [9.17, 15) is 0 Å². The number of hydrogen-bond acceptors (Lipinski definition) is 2. The largest absolute Gasteiger partial charge is 0.374 e. The average Bonchev–Trinajstić information content (AvgIpc) is 2.72. The summed E-state index contributed by atoms with van der Waals surface area (Å²) in [7, 11) is 0. The van der Waals surface area contributed by atoms with Gasteiger partial charge in [-0.2, -0.15) is 0 Å². The molecule has 0 aromatic rings. The number of nitrogens with zero attached hydrogens (tertiary/aromatic N) is 1. The number of ether oxygens (including phenoxy) is 1. The molecule has 0 aromatic carbocycles. The van der Waals surface area contributed by atoms with Crippen LogP contribution in [-0.2, 0) is 4.74 Å². The Bertz CT molecular complexity index is 254. The van der Waals surface area contributed by atoms with E-state index in [1.807, 2.05) is 0 Å². The van der Waals surface area contributed by atoms with Gasteiger partial charge in [-0.3, -0.25) is 4.90 Å². The van der Waals surface area contributed by atoms with E-state index < -0.39 is 0 Å². The zero-order valence-corrected chi connectivity index (χ0v) is 12.5. The van der Waals surface area contributed by atoms with E-state index in [4.69, 9.17) is 4.74 Å². The van der Waals surface area contributed by atoms with E-state index >= 15 is 0 Å². The van der Waals surface area contributed by atoms with Crippen molar-refractivity contribution in [3.8, 4) is 0 Å². The molecule has 100 valence electrons. The molecule has 0 bridgehead atoms. The maximum atomic E-state index is 6.11. The maximum Gasteiger partial charge on any atom is 0.0825 e. The predicted octanol–water partition coefficient (Wildman–Crippen LogP) is 3.45. The molecule has 1 spiro atoms. The van der Waals surface area contributed by atoms with Crippen LogP contribution in [0.2, 0.25) is 0 Å². The quantitative estimate of drug-likeness (QED) is 0.642. The summed E-state index contributed by atoms with van der Waals surface area (Å²) < 4.78 is 6.11. The third kappa shape index (κ3) is 2.53. The molecule has 2 saturated heterocycles. The minimum atomic E-state index is 0.172. The molecule has 2 aliphatic rings. The molecule has 2 fully saturated rings. The Labute approximate surface area is 107 Å². The summed E-state index contributed by atoms with van der Waals surface area (Å²) in [5.41, 5.74) is 0.751.